The van der Waals surface area contributed by atoms with Crippen molar-refractivity contribution in [3.63, 3.8) is 0 Å². The van der Waals surface area contributed by atoms with Crippen LogP contribution in [0.4, 0.5) is 0 Å². The van der Waals surface area contributed by atoms with E-state index in [0.717, 1.165) is 5.56 Å². The van der Waals surface area contributed by atoms with Crippen LogP contribution in [0, 0.1) is 0 Å². The van der Waals surface area contributed by atoms with E-state index >= 15 is 0 Å². The first-order valence-electron chi connectivity index (χ1n) is 5.92. The van der Waals surface area contributed by atoms with E-state index in [1.54, 1.807) is 36.4 Å². The Kier molecular flexibility index (Phi) is 4.76. The van der Waals surface area contributed by atoms with Gasteiger partial charge in [-0.25, -0.2) is 4.79 Å². The molecule has 1 aromatic heterocycles. The first kappa shape index (κ1) is 14.6. The Morgan fingerprint density at radius 2 is 1.85 bits per heavy atom. The van der Waals surface area contributed by atoms with Crippen molar-refractivity contribution >= 4 is 34.8 Å². The predicted octanol–water partition coefficient (Wildman–Crippen LogP) is 3.07. The molecular formula is C14H12ClNO3S. The highest BCUT2D eigenvalue weighted by Crippen LogP contribution is 2.21. The van der Waals surface area contributed by atoms with E-state index in [9.17, 15) is 9.59 Å². The smallest absolute Gasteiger partial charge is 0.335 e. The molecule has 1 heterocycles. The molecule has 6 heteroatoms. The summed E-state index contributed by atoms with van der Waals surface area (Å²) >= 11 is 7.00. The molecule has 0 unspecified atom stereocenters. The van der Waals surface area contributed by atoms with E-state index in [0.29, 0.717) is 22.2 Å². The lowest BCUT2D eigenvalue weighted by atomic mass is 10.1. The van der Waals surface area contributed by atoms with Gasteiger partial charge >= 0.3 is 5.97 Å². The van der Waals surface area contributed by atoms with Crippen molar-refractivity contribution in [1.82, 2.24) is 5.32 Å². The Bertz CT molecular complexity index is 622. The van der Waals surface area contributed by atoms with Crippen LogP contribution in [0.25, 0.3) is 0 Å². The monoisotopic (exact) mass is 309 g/mol. The quantitative estimate of drug-likeness (QED) is 0.892. The molecule has 1 aromatic carbocycles. The normalized spacial score (nSPS) is 10.2. The van der Waals surface area contributed by atoms with Gasteiger partial charge in [0.2, 0.25) is 0 Å². The summed E-state index contributed by atoms with van der Waals surface area (Å²) in [6.07, 6.45) is 0.644. The third kappa shape index (κ3) is 3.82. The summed E-state index contributed by atoms with van der Waals surface area (Å²) in [4.78, 5) is 23.0. The number of rotatable bonds is 5. The topological polar surface area (TPSA) is 66.4 Å². The molecule has 0 saturated heterocycles. The van der Waals surface area contributed by atoms with E-state index in [2.05, 4.69) is 5.32 Å². The van der Waals surface area contributed by atoms with Gasteiger partial charge in [0.1, 0.15) is 0 Å². The minimum atomic E-state index is -0.945. The molecule has 2 aromatic rings. The standard InChI is InChI=1S/C14H12ClNO3S/c15-12-6-5-11(20-12)13(17)16-8-7-9-1-3-10(4-2-9)14(18)19/h1-6H,7-8H2,(H,16,17)(H,18,19). The first-order valence-corrected chi connectivity index (χ1v) is 7.11. The van der Waals surface area contributed by atoms with Gasteiger partial charge < -0.3 is 10.4 Å². The first-order chi connectivity index (χ1) is 9.56. The van der Waals surface area contributed by atoms with Gasteiger partial charge in [0.15, 0.2) is 0 Å². The van der Waals surface area contributed by atoms with Gasteiger partial charge in [-0.3, -0.25) is 4.79 Å². The zero-order chi connectivity index (χ0) is 14.5. The molecule has 2 rings (SSSR count). The van der Waals surface area contributed by atoms with Crippen molar-refractivity contribution in [2.24, 2.45) is 0 Å². The Labute approximate surface area is 125 Å². The van der Waals surface area contributed by atoms with Crippen LogP contribution in [0.3, 0.4) is 0 Å². The fraction of sp³-hybridized carbons (Fsp3) is 0.143. The van der Waals surface area contributed by atoms with Crippen molar-refractivity contribution in [3.8, 4) is 0 Å². The number of thiophene rings is 1. The molecule has 2 N–H and O–H groups in total. The minimum Gasteiger partial charge on any atom is -0.478 e. The van der Waals surface area contributed by atoms with E-state index in [-0.39, 0.29) is 11.5 Å². The van der Waals surface area contributed by atoms with E-state index in [1.165, 1.54) is 11.3 Å². The predicted molar refractivity (Wildman–Crippen MR) is 78.8 cm³/mol. The van der Waals surface area contributed by atoms with Crippen LogP contribution in [0.1, 0.15) is 25.6 Å². The number of aromatic carboxylic acids is 1. The highest BCUT2D eigenvalue weighted by atomic mass is 35.5. The number of nitrogens with one attached hydrogen (secondary N) is 1. The van der Waals surface area contributed by atoms with Gasteiger partial charge in [-0.1, -0.05) is 23.7 Å². The lowest BCUT2D eigenvalue weighted by molar-refractivity contribution is 0.0696. The van der Waals surface area contributed by atoms with Gasteiger partial charge in [-0.05, 0) is 36.2 Å². The number of hydrogen-bond acceptors (Lipinski definition) is 3. The number of carboxylic acid groups (broad SMARTS) is 1. The minimum absolute atomic E-state index is 0.149. The lowest BCUT2D eigenvalue weighted by Crippen LogP contribution is -2.24. The third-order valence-electron chi connectivity index (χ3n) is 2.70. The molecular weight excluding hydrogens is 298 g/mol. The van der Waals surface area contributed by atoms with E-state index < -0.39 is 5.97 Å². The van der Waals surface area contributed by atoms with Gasteiger partial charge in [0.05, 0.1) is 14.8 Å². The Morgan fingerprint density at radius 1 is 1.15 bits per heavy atom. The summed E-state index contributed by atoms with van der Waals surface area (Å²) in [5.74, 6) is -1.09. The average Bonchev–Trinajstić information content (AvgIpc) is 2.86. The Balaban J connectivity index is 1.83. The average molecular weight is 310 g/mol. The van der Waals surface area contributed by atoms with E-state index in [1.807, 2.05) is 0 Å². The largest absolute Gasteiger partial charge is 0.478 e. The maximum atomic E-state index is 11.8. The van der Waals surface area contributed by atoms with Gasteiger partial charge in [0.25, 0.3) is 5.91 Å². The van der Waals surface area contributed by atoms with Crippen molar-refractivity contribution in [1.29, 1.82) is 0 Å². The second kappa shape index (κ2) is 6.54. The maximum absolute atomic E-state index is 11.8. The molecule has 0 atom stereocenters. The SMILES string of the molecule is O=C(O)c1ccc(CCNC(=O)c2ccc(Cl)s2)cc1. The number of hydrogen-bond donors (Lipinski definition) is 2. The van der Waals surface area contributed by atoms with Gasteiger partial charge in [0, 0.05) is 6.54 Å². The molecule has 4 nitrogen and oxygen atoms in total. The zero-order valence-corrected chi connectivity index (χ0v) is 12.0. The number of halogens is 1. The number of amides is 1. The van der Waals surface area contributed by atoms with Crippen LogP contribution >= 0.6 is 22.9 Å². The summed E-state index contributed by atoms with van der Waals surface area (Å²) < 4.78 is 0.583. The summed E-state index contributed by atoms with van der Waals surface area (Å²) in [6.45, 7) is 0.487. The zero-order valence-electron chi connectivity index (χ0n) is 10.4. The number of carboxylic acids is 1. The fourth-order valence-electron chi connectivity index (χ4n) is 1.66. The van der Waals surface area contributed by atoms with Crippen LogP contribution in [0.15, 0.2) is 36.4 Å². The van der Waals surface area contributed by atoms with Crippen LogP contribution in [-0.4, -0.2) is 23.5 Å². The summed E-state index contributed by atoms with van der Waals surface area (Å²) in [5.41, 5.74) is 1.23. The third-order valence-corrected chi connectivity index (χ3v) is 3.93. The molecule has 0 aliphatic carbocycles. The molecule has 20 heavy (non-hydrogen) atoms. The molecule has 1 amide bonds. The summed E-state index contributed by atoms with van der Waals surface area (Å²) in [6, 6.07) is 9.97. The second-order valence-electron chi connectivity index (χ2n) is 4.11. The van der Waals surface area contributed by atoms with Crippen LogP contribution < -0.4 is 5.32 Å². The molecule has 0 saturated carbocycles. The summed E-state index contributed by atoms with van der Waals surface area (Å²) in [5, 5.41) is 11.6. The number of benzene rings is 1. The highest BCUT2D eigenvalue weighted by molar-refractivity contribution is 7.17. The van der Waals surface area contributed by atoms with E-state index in [4.69, 9.17) is 16.7 Å². The molecule has 0 aliphatic rings. The number of carbonyl (C=O) groups is 2. The Hall–Kier alpha value is -1.85. The molecule has 0 bridgehead atoms. The molecule has 0 radical (unpaired) electrons. The Morgan fingerprint density at radius 3 is 2.40 bits per heavy atom. The molecule has 0 spiro atoms. The second-order valence-corrected chi connectivity index (χ2v) is 5.83. The summed E-state index contributed by atoms with van der Waals surface area (Å²) in [7, 11) is 0. The fourth-order valence-corrected chi connectivity index (χ4v) is 2.62. The van der Waals surface area contributed by atoms with Crippen LogP contribution in [0.5, 0.6) is 0 Å². The van der Waals surface area contributed by atoms with Crippen LogP contribution in [0.2, 0.25) is 4.34 Å². The van der Waals surface area contributed by atoms with Crippen molar-refractivity contribution in [3.05, 3.63) is 56.7 Å². The number of carbonyl (C=O) groups excluding carboxylic acids is 1. The van der Waals surface area contributed by atoms with Crippen molar-refractivity contribution in [2.75, 3.05) is 6.54 Å². The van der Waals surface area contributed by atoms with Crippen LogP contribution in [-0.2, 0) is 6.42 Å². The maximum Gasteiger partial charge on any atom is 0.335 e. The molecule has 0 aliphatic heterocycles. The molecule has 0 fully saturated rings. The van der Waals surface area contributed by atoms with Crippen molar-refractivity contribution < 1.29 is 14.7 Å². The lowest BCUT2D eigenvalue weighted by Gasteiger charge is -2.04. The highest BCUT2D eigenvalue weighted by Gasteiger charge is 2.08. The molecule has 104 valence electrons. The van der Waals surface area contributed by atoms with Gasteiger partial charge in [-0.2, -0.15) is 0 Å². The van der Waals surface area contributed by atoms with Gasteiger partial charge in [-0.15, -0.1) is 11.3 Å². The van der Waals surface area contributed by atoms with Crippen molar-refractivity contribution in [2.45, 2.75) is 6.42 Å².